The van der Waals surface area contributed by atoms with Gasteiger partial charge in [0, 0.05) is 22.6 Å². The number of benzene rings is 1. The number of rotatable bonds is 1. The van der Waals surface area contributed by atoms with Gasteiger partial charge < -0.3 is 10.3 Å². The molecule has 2 nitrogen and oxygen atoms in total. The van der Waals surface area contributed by atoms with Crippen LogP contribution in [0, 0.1) is 6.92 Å². The number of hydrogen-bond donors (Lipinski definition) is 2. The lowest BCUT2D eigenvalue weighted by atomic mass is 9.91. The number of hydrogen-bond acceptors (Lipinski definition) is 1. The Balaban J connectivity index is 2.14. The van der Waals surface area contributed by atoms with Gasteiger partial charge in [-0.3, -0.25) is 0 Å². The summed E-state index contributed by atoms with van der Waals surface area (Å²) in [5.74, 6) is 0. The molecule has 2 heteroatoms. The quantitative estimate of drug-likeness (QED) is 0.750. The Labute approximate surface area is 96.1 Å². The molecule has 84 valence electrons. The fraction of sp³-hybridized carbons (Fsp3) is 0.429. The maximum atomic E-state index is 3.57. The lowest BCUT2D eigenvalue weighted by Gasteiger charge is -2.21. The van der Waals surface area contributed by atoms with Crippen LogP contribution in [0.5, 0.6) is 0 Å². The van der Waals surface area contributed by atoms with Crippen LogP contribution in [0.25, 0.3) is 10.9 Å². The van der Waals surface area contributed by atoms with Crippen molar-refractivity contribution < 1.29 is 0 Å². The van der Waals surface area contributed by atoms with E-state index in [0.717, 1.165) is 6.42 Å². The van der Waals surface area contributed by atoms with Gasteiger partial charge in [0.15, 0.2) is 0 Å². The minimum Gasteiger partial charge on any atom is -0.358 e. The van der Waals surface area contributed by atoms with Gasteiger partial charge in [0.1, 0.15) is 0 Å². The second kappa shape index (κ2) is 3.63. The molecule has 1 atom stereocenters. The molecular weight excluding hydrogens is 196 g/mol. The molecule has 0 fully saturated rings. The van der Waals surface area contributed by atoms with E-state index >= 15 is 0 Å². The zero-order valence-electron chi connectivity index (χ0n) is 9.93. The Hall–Kier alpha value is -1.28. The summed E-state index contributed by atoms with van der Waals surface area (Å²) in [5, 5.41) is 4.81. The highest BCUT2D eigenvalue weighted by Crippen LogP contribution is 2.29. The van der Waals surface area contributed by atoms with Crippen molar-refractivity contribution in [1.29, 1.82) is 0 Å². The molecule has 1 aliphatic rings. The van der Waals surface area contributed by atoms with Crippen LogP contribution in [0.1, 0.15) is 23.2 Å². The van der Waals surface area contributed by atoms with Crippen molar-refractivity contribution in [3.63, 3.8) is 0 Å². The molecule has 1 heterocycles. The van der Waals surface area contributed by atoms with Crippen LogP contribution in [0.4, 0.5) is 0 Å². The Morgan fingerprint density at radius 2 is 2.25 bits per heavy atom. The highest BCUT2D eigenvalue weighted by Gasteiger charge is 2.20. The summed E-state index contributed by atoms with van der Waals surface area (Å²) < 4.78 is 0. The SMILES string of the molecule is CN[C@@H]1CCc2[nH]c3cc(C)ccc3c2C1. The minimum absolute atomic E-state index is 0.646. The van der Waals surface area contributed by atoms with Gasteiger partial charge >= 0.3 is 0 Å². The third-order valence-corrected chi connectivity index (χ3v) is 3.75. The number of aryl methyl sites for hydroxylation is 2. The molecule has 0 saturated heterocycles. The maximum absolute atomic E-state index is 3.57. The molecule has 0 aliphatic heterocycles. The Bertz CT molecular complexity index is 525. The standard InChI is InChI=1S/C14H18N2/c1-9-3-5-11-12-8-10(15-2)4-6-13(12)16-14(11)7-9/h3,5,7,10,15-16H,4,6,8H2,1-2H3/t10-/m1/s1. The Morgan fingerprint density at radius 3 is 3.06 bits per heavy atom. The van der Waals surface area contributed by atoms with Gasteiger partial charge in [-0.15, -0.1) is 0 Å². The number of H-pyrrole nitrogens is 1. The van der Waals surface area contributed by atoms with Gasteiger partial charge in [-0.25, -0.2) is 0 Å². The van der Waals surface area contributed by atoms with Crippen LogP contribution in [0.15, 0.2) is 18.2 Å². The molecule has 0 radical (unpaired) electrons. The van der Waals surface area contributed by atoms with E-state index < -0.39 is 0 Å². The molecule has 0 saturated carbocycles. The lowest BCUT2D eigenvalue weighted by molar-refractivity contribution is 0.495. The normalized spacial score (nSPS) is 20.0. The fourth-order valence-corrected chi connectivity index (χ4v) is 2.79. The predicted octanol–water partition coefficient (Wildman–Crippen LogP) is 2.55. The third kappa shape index (κ3) is 1.45. The molecule has 0 bridgehead atoms. The van der Waals surface area contributed by atoms with Gasteiger partial charge in [-0.1, -0.05) is 12.1 Å². The first kappa shape index (κ1) is 9.91. The smallest absolute Gasteiger partial charge is 0.0461 e. The van der Waals surface area contributed by atoms with Crippen molar-refractivity contribution >= 4 is 10.9 Å². The topological polar surface area (TPSA) is 27.8 Å². The van der Waals surface area contributed by atoms with Gasteiger partial charge in [0.25, 0.3) is 0 Å². The fourth-order valence-electron chi connectivity index (χ4n) is 2.79. The Morgan fingerprint density at radius 1 is 1.38 bits per heavy atom. The van der Waals surface area contributed by atoms with Crippen molar-refractivity contribution in [3.8, 4) is 0 Å². The zero-order chi connectivity index (χ0) is 11.1. The van der Waals surface area contributed by atoms with Crippen LogP contribution in [0.2, 0.25) is 0 Å². The summed E-state index contributed by atoms with van der Waals surface area (Å²) in [6.45, 7) is 2.15. The first-order valence-corrected chi connectivity index (χ1v) is 6.05. The van der Waals surface area contributed by atoms with Crippen molar-refractivity contribution in [2.45, 2.75) is 32.2 Å². The molecule has 1 aliphatic carbocycles. The van der Waals surface area contributed by atoms with Crippen molar-refractivity contribution in [2.75, 3.05) is 7.05 Å². The molecule has 1 aromatic heterocycles. The molecular formula is C14H18N2. The molecule has 1 aromatic carbocycles. The summed E-state index contributed by atoms with van der Waals surface area (Å²) in [6.07, 6.45) is 3.58. The van der Waals surface area contributed by atoms with Gasteiger partial charge in [0.2, 0.25) is 0 Å². The van der Waals surface area contributed by atoms with Crippen molar-refractivity contribution in [2.24, 2.45) is 0 Å². The van der Waals surface area contributed by atoms with Crippen LogP contribution >= 0.6 is 0 Å². The maximum Gasteiger partial charge on any atom is 0.0461 e. The van der Waals surface area contributed by atoms with E-state index in [9.17, 15) is 0 Å². The summed E-state index contributed by atoms with van der Waals surface area (Å²) in [6, 6.07) is 7.37. The van der Waals surface area contributed by atoms with Crippen LogP contribution < -0.4 is 5.32 Å². The number of aromatic amines is 1. The van der Waals surface area contributed by atoms with Crippen LogP contribution in [-0.4, -0.2) is 18.1 Å². The van der Waals surface area contributed by atoms with Crippen molar-refractivity contribution in [3.05, 3.63) is 35.0 Å². The molecule has 16 heavy (non-hydrogen) atoms. The zero-order valence-corrected chi connectivity index (χ0v) is 9.93. The van der Waals surface area contributed by atoms with E-state index in [0.29, 0.717) is 6.04 Å². The molecule has 0 unspecified atom stereocenters. The first-order chi connectivity index (χ1) is 7.78. The average molecular weight is 214 g/mol. The summed E-state index contributed by atoms with van der Waals surface area (Å²) in [5.41, 5.74) is 5.62. The number of nitrogens with one attached hydrogen (secondary N) is 2. The largest absolute Gasteiger partial charge is 0.358 e. The third-order valence-electron chi connectivity index (χ3n) is 3.75. The summed E-state index contributed by atoms with van der Waals surface area (Å²) in [4.78, 5) is 3.57. The second-order valence-corrected chi connectivity index (χ2v) is 4.86. The van der Waals surface area contributed by atoms with Gasteiger partial charge in [-0.2, -0.15) is 0 Å². The number of likely N-dealkylation sites (N-methyl/N-ethyl adjacent to an activating group) is 1. The van der Waals surface area contributed by atoms with E-state index in [1.165, 1.54) is 40.6 Å². The highest BCUT2D eigenvalue weighted by atomic mass is 14.9. The molecule has 2 N–H and O–H groups in total. The molecule has 0 amide bonds. The molecule has 3 rings (SSSR count). The lowest BCUT2D eigenvalue weighted by Crippen LogP contribution is -2.31. The summed E-state index contributed by atoms with van der Waals surface area (Å²) >= 11 is 0. The van der Waals surface area contributed by atoms with Gasteiger partial charge in [0.05, 0.1) is 0 Å². The second-order valence-electron chi connectivity index (χ2n) is 4.86. The van der Waals surface area contributed by atoms with E-state index in [1.807, 2.05) is 0 Å². The van der Waals surface area contributed by atoms with Gasteiger partial charge in [-0.05, 0) is 50.4 Å². The number of fused-ring (bicyclic) bond motifs is 3. The van der Waals surface area contributed by atoms with Crippen molar-refractivity contribution in [1.82, 2.24) is 10.3 Å². The van der Waals surface area contributed by atoms with Crippen LogP contribution in [0.3, 0.4) is 0 Å². The van der Waals surface area contributed by atoms with E-state index in [2.05, 4.69) is 42.5 Å². The summed E-state index contributed by atoms with van der Waals surface area (Å²) in [7, 11) is 2.06. The molecule has 2 aromatic rings. The highest BCUT2D eigenvalue weighted by molar-refractivity contribution is 5.85. The predicted molar refractivity (Wildman–Crippen MR) is 67.9 cm³/mol. The van der Waals surface area contributed by atoms with E-state index in [4.69, 9.17) is 0 Å². The van der Waals surface area contributed by atoms with E-state index in [1.54, 1.807) is 0 Å². The molecule has 0 spiro atoms. The average Bonchev–Trinajstić information content (AvgIpc) is 2.65. The van der Waals surface area contributed by atoms with Crippen LogP contribution in [-0.2, 0) is 12.8 Å². The van der Waals surface area contributed by atoms with E-state index in [-0.39, 0.29) is 0 Å². The number of aromatic nitrogens is 1. The first-order valence-electron chi connectivity index (χ1n) is 6.05. The monoisotopic (exact) mass is 214 g/mol. The Kier molecular flexibility index (Phi) is 2.25. The minimum atomic E-state index is 0.646.